The van der Waals surface area contributed by atoms with Crippen LogP contribution < -0.4 is 9.47 Å². The zero-order valence-corrected chi connectivity index (χ0v) is 14.9. The van der Waals surface area contributed by atoms with E-state index in [0.29, 0.717) is 35.7 Å². The van der Waals surface area contributed by atoms with Crippen molar-refractivity contribution in [3.63, 3.8) is 0 Å². The van der Waals surface area contributed by atoms with Crippen LogP contribution in [0.4, 0.5) is 0 Å². The zero-order chi connectivity index (χ0) is 18.6. The van der Waals surface area contributed by atoms with E-state index in [2.05, 4.69) is 0 Å². The molecule has 6 nitrogen and oxygen atoms in total. The second-order valence-electron chi connectivity index (χ2n) is 6.65. The lowest BCUT2D eigenvalue weighted by Crippen LogP contribution is -2.40. The second-order valence-corrected chi connectivity index (χ2v) is 6.65. The first-order valence-corrected chi connectivity index (χ1v) is 9.17. The Morgan fingerprint density at radius 1 is 0.926 bits per heavy atom. The molecule has 2 aromatic carbocycles. The van der Waals surface area contributed by atoms with E-state index in [1.807, 2.05) is 18.2 Å². The van der Waals surface area contributed by atoms with Crippen LogP contribution in [0.3, 0.4) is 0 Å². The molecule has 0 saturated carbocycles. The quantitative estimate of drug-likeness (QED) is 0.776. The number of amides is 1. The summed E-state index contributed by atoms with van der Waals surface area (Å²) >= 11 is 0. The number of esters is 1. The number of likely N-dealkylation sites (tertiary alicyclic amines) is 1. The van der Waals surface area contributed by atoms with Crippen LogP contribution in [-0.2, 0) is 9.53 Å². The van der Waals surface area contributed by atoms with Gasteiger partial charge in [-0.3, -0.25) is 4.79 Å². The average molecular weight is 367 g/mol. The van der Waals surface area contributed by atoms with Gasteiger partial charge in [-0.05, 0) is 37.5 Å². The molecule has 0 N–H and O–H groups in total. The molecule has 27 heavy (non-hydrogen) atoms. The SMILES string of the molecule is O=C(O[C@H](C(=O)N1CCCCC1)c1ccccc1)c1ccc2c(c1)OCO2. The Labute approximate surface area is 157 Å². The van der Waals surface area contributed by atoms with Gasteiger partial charge in [-0.15, -0.1) is 0 Å². The van der Waals surface area contributed by atoms with Crippen LogP contribution in [0, 0.1) is 0 Å². The van der Waals surface area contributed by atoms with Crippen LogP contribution in [0.25, 0.3) is 0 Å². The van der Waals surface area contributed by atoms with Gasteiger partial charge in [0.25, 0.3) is 5.91 Å². The Kier molecular flexibility index (Phi) is 4.96. The summed E-state index contributed by atoms with van der Waals surface area (Å²) in [5.41, 5.74) is 0.994. The highest BCUT2D eigenvalue weighted by Crippen LogP contribution is 2.33. The minimum absolute atomic E-state index is 0.133. The summed E-state index contributed by atoms with van der Waals surface area (Å²) < 4.78 is 16.3. The Balaban J connectivity index is 1.57. The van der Waals surface area contributed by atoms with Crippen LogP contribution in [-0.4, -0.2) is 36.7 Å². The lowest BCUT2D eigenvalue weighted by Gasteiger charge is -2.30. The highest BCUT2D eigenvalue weighted by molar-refractivity contribution is 5.93. The highest BCUT2D eigenvalue weighted by Gasteiger charge is 2.31. The Morgan fingerprint density at radius 2 is 1.67 bits per heavy atom. The van der Waals surface area contributed by atoms with Crippen molar-refractivity contribution in [2.45, 2.75) is 25.4 Å². The van der Waals surface area contributed by atoms with Gasteiger partial charge in [0.2, 0.25) is 12.9 Å². The van der Waals surface area contributed by atoms with E-state index in [4.69, 9.17) is 14.2 Å². The summed E-state index contributed by atoms with van der Waals surface area (Å²) in [6.45, 7) is 1.53. The van der Waals surface area contributed by atoms with Gasteiger partial charge in [0.1, 0.15) is 0 Å². The predicted octanol–water partition coefficient (Wildman–Crippen LogP) is 3.33. The van der Waals surface area contributed by atoms with Gasteiger partial charge >= 0.3 is 5.97 Å². The fourth-order valence-corrected chi connectivity index (χ4v) is 3.37. The number of ether oxygens (including phenoxy) is 3. The molecule has 2 aliphatic rings. The van der Waals surface area contributed by atoms with Crippen LogP contribution in [0.15, 0.2) is 48.5 Å². The van der Waals surface area contributed by atoms with Gasteiger partial charge in [0, 0.05) is 18.7 Å². The third kappa shape index (κ3) is 3.74. The fourth-order valence-electron chi connectivity index (χ4n) is 3.37. The van der Waals surface area contributed by atoms with Crippen molar-refractivity contribution in [3.05, 3.63) is 59.7 Å². The molecule has 0 aromatic heterocycles. The second kappa shape index (κ2) is 7.70. The van der Waals surface area contributed by atoms with E-state index >= 15 is 0 Å². The Hall–Kier alpha value is -3.02. The molecule has 140 valence electrons. The number of nitrogens with zero attached hydrogens (tertiary/aromatic N) is 1. The van der Waals surface area contributed by atoms with E-state index in [1.54, 1.807) is 35.2 Å². The van der Waals surface area contributed by atoms with Crippen molar-refractivity contribution in [3.8, 4) is 11.5 Å². The molecule has 1 saturated heterocycles. The third-order valence-corrected chi connectivity index (χ3v) is 4.83. The maximum Gasteiger partial charge on any atom is 0.339 e. The largest absolute Gasteiger partial charge is 0.454 e. The Morgan fingerprint density at radius 3 is 2.44 bits per heavy atom. The number of hydrogen-bond donors (Lipinski definition) is 0. The number of carbonyl (C=O) groups is 2. The summed E-state index contributed by atoms with van der Waals surface area (Å²) in [6.07, 6.45) is 2.12. The van der Waals surface area contributed by atoms with Crippen LogP contribution in [0.5, 0.6) is 11.5 Å². The fraction of sp³-hybridized carbons (Fsp3) is 0.333. The predicted molar refractivity (Wildman–Crippen MR) is 97.6 cm³/mol. The summed E-state index contributed by atoms with van der Waals surface area (Å²) in [4.78, 5) is 27.6. The molecule has 2 heterocycles. The molecule has 6 heteroatoms. The lowest BCUT2D eigenvalue weighted by atomic mass is 10.1. The first-order chi connectivity index (χ1) is 13.2. The minimum atomic E-state index is -0.956. The average Bonchev–Trinajstić information content (AvgIpc) is 3.20. The number of benzene rings is 2. The molecule has 0 bridgehead atoms. The number of carbonyl (C=O) groups excluding carboxylic acids is 2. The smallest absolute Gasteiger partial charge is 0.339 e. The van der Waals surface area contributed by atoms with Crippen molar-refractivity contribution in [2.75, 3.05) is 19.9 Å². The van der Waals surface area contributed by atoms with E-state index in [-0.39, 0.29) is 12.7 Å². The molecule has 0 radical (unpaired) electrons. The first kappa shape index (κ1) is 17.4. The van der Waals surface area contributed by atoms with Crippen LogP contribution in [0.1, 0.15) is 41.3 Å². The zero-order valence-electron chi connectivity index (χ0n) is 14.9. The van der Waals surface area contributed by atoms with Gasteiger partial charge in [0.05, 0.1) is 5.56 Å². The van der Waals surface area contributed by atoms with E-state index in [9.17, 15) is 9.59 Å². The van der Waals surface area contributed by atoms with Crippen LogP contribution in [0.2, 0.25) is 0 Å². The molecule has 1 atom stereocenters. The van der Waals surface area contributed by atoms with E-state index < -0.39 is 12.1 Å². The monoisotopic (exact) mass is 367 g/mol. The maximum atomic E-state index is 13.1. The molecule has 1 amide bonds. The van der Waals surface area contributed by atoms with Crippen molar-refractivity contribution in [2.24, 2.45) is 0 Å². The topological polar surface area (TPSA) is 65.1 Å². The van der Waals surface area contributed by atoms with Gasteiger partial charge in [-0.25, -0.2) is 4.79 Å². The normalized spacial score (nSPS) is 16.7. The molecule has 0 spiro atoms. The summed E-state index contributed by atoms with van der Waals surface area (Å²) in [5, 5.41) is 0. The minimum Gasteiger partial charge on any atom is -0.454 e. The summed E-state index contributed by atoms with van der Waals surface area (Å²) in [5.74, 6) is 0.362. The van der Waals surface area contributed by atoms with Gasteiger partial charge in [-0.2, -0.15) is 0 Å². The molecule has 1 fully saturated rings. The number of rotatable bonds is 4. The summed E-state index contributed by atoms with van der Waals surface area (Å²) in [6, 6.07) is 14.0. The Bertz CT molecular complexity index is 830. The lowest BCUT2D eigenvalue weighted by molar-refractivity contribution is -0.142. The molecule has 2 aliphatic heterocycles. The maximum absolute atomic E-state index is 13.1. The molecule has 2 aromatic rings. The van der Waals surface area contributed by atoms with Crippen molar-refractivity contribution in [1.29, 1.82) is 0 Å². The van der Waals surface area contributed by atoms with Gasteiger partial charge in [-0.1, -0.05) is 30.3 Å². The molecule has 0 aliphatic carbocycles. The van der Waals surface area contributed by atoms with Crippen molar-refractivity contribution >= 4 is 11.9 Å². The third-order valence-electron chi connectivity index (χ3n) is 4.83. The van der Waals surface area contributed by atoms with Gasteiger partial charge < -0.3 is 19.1 Å². The van der Waals surface area contributed by atoms with Crippen molar-refractivity contribution < 1.29 is 23.8 Å². The summed E-state index contributed by atoms with van der Waals surface area (Å²) in [7, 11) is 0. The standard InChI is InChI=1S/C21H21NO5/c23-20(22-11-5-2-6-12-22)19(15-7-3-1-4-8-15)27-21(24)16-9-10-17-18(13-16)26-14-25-17/h1,3-4,7-10,13,19H,2,5-6,11-12,14H2/t19-/m0/s1. The number of fused-ring (bicyclic) bond motifs is 1. The van der Waals surface area contributed by atoms with Gasteiger partial charge in [0.15, 0.2) is 11.5 Å². The number of hydrogen-bond acceptors (Lipinski definition) is 5. The molecular weight excluding hydrogens is 346 g/mol. The first-order valence-electron chi connectivity index (χ1n) is 9.17. The number of piperidine rings is 1. The van der Waals surface area contributed by atoms with E-state index in [1.165, 1.54) is 0 Å². The highest BCUT2D eigenvalue weighted by atomic mass is 16.7. The van der Waals surface area contributed by atoms with Crippen LogP contribution >= 0.6 is 0 Å². The molecule has 0 unspecified atom stereocenters. The molecule has 4 rings (SSSR count). The van der Waals surface area contributed by atoms with Crippen molar-refractivity contribution in [1.82, 2.24) is 4.90 Å². The molecular formula is C21H21NO5. The van der Waals surface area contributed by atoms with E-state index in [0.717, 1.165) is 19.3 Å².